The number of hydrogen-bond acceptors (Lipinski definition) is 6. The number of carbonyl (C=O) groups is 2. The minimum Gasteiger partial charge on any atom is -0.392 e. The van der Waals surface area contributed by atoms with E-state index in [2.05, 4.69) is 10.6 Å². The minimum atomic E-state index is -0.458. The zero-order valence-corrected chi connectivity index (χ0v) is 16.3. The van der Waals surface area contributed by atoms with E-state index in [1.807, 2.05) is 11.2 Å². The van der Waals surface area contributed by atoms with Gasteiger partial charge in [-0.25, -0.2) is 0 Å². The Morgan fingerprint density at radius 2 is 1.52 bits per heavy atom. The lowest BCUT2D eigenvalue weighted by Gasteiger charge is -2.30. The van der Waals surface area contributed by atoms with E-state index in [0.29, 0.717) is 25.9 Å². The Morgan fingerprint density at radius 1 is 1.00 bits per heavy atom. The van der Waals surface area contributed by atoms with Crippen LogP contribution in [-0.2, 0) is 9.59 Å². The van der Waals surface area contributed by atoms with Crippen molar-refractivity contribution in [1.82, 2.24) is 15.5 Å². The summed E-state index contributed by atoms with van der Waals surface area (Å²) in [5, 5.41) is 24.7. The van der Waals surface area contributed by atoms with Gasteiger partial charge in [-0.3, -0.25) is 14.5 Å². The van der Waals surface area contributed by atoms with Crippen LogP contribution in [0, 0.1) is 0 Å². The lowest BCUT2D eigenvalue weighted by Crippen LogP contribution is -2.61. The van der Waals surface area contributed by atoms with Gasteiger partial charge in [0.15, 0.2) is 0 Å². The van der Waals surface area contributed by atoms with Gasteiger partial charge < -0.3 is 20.8 Å². The minimum absolute atomic E-state index is 0.0940. The first-order valence-electron chi connectivity index (χ1n) is 9.01. The number of piperazine rings is 1. The van der Waals surface area contributed by atoms with Crippen LogP contribution in [0.2, 0.25) is 0 Å². The molecule has 4 unspecified atom stereocenters. The average molecular weight is 376 g/mol. The highest BCUT2D eigenvalue weighted by Crippen LogP contribution is 2.10. The molecule has 0 bridgehead atoms. The summed E-state index contributed by atoms with van der Waals surface area (Å²) >= 11 is 1.66. The van der Waals surface area contributed by atoms with Crippen molar-refractivity contribution in [2.75, 3.05) is 31.6 Å². The van der Waals surface area contributed by atoms with Gasteiger partial charge in [0.05, 0.1) is 12.2 Å². The highest BCUT2D eigenvalue weighted by atomic mass is 32.2. The first kappa shape index (κ1) is 22.2. The summed E-state index contributed by atoms with van der Waals surface area (Å²) < 4.78 is 0. The van der Waals surface area contributed by atoms with Crippen molar-refractivity contribution < 1.29 is 19.8 Å². The molecule has 0 aromatic heterocycles. The first-order valence-corrected chi connectivity index (χ1v) is 10.4. The van der Waals surface area contributed by atoms with Crippen LogP contribution in [0.25, 0.3) is 0 Å². The lowest BCUT2D eigenvalue weighted by molar-refractivity contribution is -0.137. The molecule has 1 aliphatic rings. The lowest BCUT2D eigenvalue weighted by atomic mass is 10.0. The summed E-state index contributed by atoms with van der Waals surface area (Å²) in [4.78, 5) is 26.2. The standard InChI is InChI=1S/C17H33N3O4S/c1-12(21)10-20(11-13(2)22)8-5-4-6-14-16(23)19-15(7-9-25-3)17(24)18-14/h12-15,21-22H,4-11H2,1-3H3,(H,18,24)(H,19,23). The van der Waals surface area contributed by atoms with Crippen LogP contribution in [0.3, 0.4) is 0 Å². The fraction of sp³-hybridized carbons (Fsp3) is 0.882. The smallest absolute Gasteiger partial charge is 0.243 e. The van der Waals surface area contributed by atoms with Crippen LogP contribution in [0.5, 0.6) is 0 Å². The highest BCUT2D eigenvalue weighted by Gasteiger charge is 2.32. The second kappa shape index (κ2) is 11.7. The molecule has 1 rings (SSSR count). The van der Waals surface area contributed by atoms with E-state index in [1.54, 1.807) is 25.6 Å². The highest BCUT2D eigenvalue weighted by molar-refractivity contribution is 7.98. The largest absolute Gasteiger partial charge is 0.392 e. The quantitative estimate of drug-likeness (QED) is 0.357. The molecule has 0 aromatic rings. The molecule has 2 amide bonds. The summed E-state index contributed by atoms with van der Waals surface area (Å²) in [6.07, 6.45) is 3.98. The molecule has 1 heterocycles. The van der Waals surface area contributed by atoms with Gasteiger partial charge in [-0.15, -0.1) is 0 Å². The molecule has 4 atom stereocenters. The second-order valence-corrected chi connectivity index (χ2v) is 7.84. The number of aliphatic hydroxyl groups is 2. The topological polar surface area (TPSA) is 102 Å². The monoisotopic (exact) mass is 375 g/mol. The maximum absolute atomic E-state index is 12.1. The number of nitrogens with one attached hydrogen (secondary N) is 2. The van der Waals surface area contributed by atoms with Gasteiger partial charge in [0.1, 0.15) is 12.1 Å². The van der Waals surface area contributed by atoms with Crippen LogP contribution in [0.4, 0.5) is 0 Å². The average Bonchev–Trinajstić information content (AvgIpc) is 2.51. The molecule has 0 aromatic carbocycles. The predicted molar refractivity (Wildman–Crippen MR) is 101 cm³/mol. The fourth-order valence-electron chi connectivity index (χ4n) is 3.01. The summed E-state index contributed by atoms with van der Waals surface area (Å²) in [6.45, 7) is 5.23. The van der Waals surface area contributed by atoms with Crippen molar-refractivity contribution in [2.45, 2.75) is 63.8 Å². The van der Waals surface area contributed by atoms with Crippen molar-refractivity contribution in [3.8, 4) is 0 Å². The molecule has 0 saturated carbocycles. The van der Waals surface area contributed by atoms with Gasteiger partial charge in [0, 0.05) is 13.1 Å². The number of hydrogen-bond donors (Lipinski definition) is 4. The Balaban J connectivity index is 2.33. The van der Waals surface area contributed by atoms with Gasteiger partial charge in [-0.1, -0.05) is 0 Å². The number of amides is 2. The molecule has 1 fully saturated rings. The first-order chi connectivity index (χ1) is 11.8. The Kier molecular flexibility index (Phi) is 10.4. The Labute approximate surface area is 154 Å². The zero-order valence-electron chi connectivity index (χ0n) is 15.5. The number of carbonyl (C=O) groups excluding carboxylic acids is 2. The maximum atomic E-state index is 12.1. The van der Waals surface area contributed by atoms with Gasteiger partial charge in [-0.05, 0) is 58.1 Å². The molecule has 8 heteroatoms. The summed E-state index contributed by atoms with van der Waals surface area (Å²) in [6, 6.07) is -0.871. The molecular formula is C17H33N3O4S. The summed E-state index contributed by atoms with van der Waals surface area (Å²) in [5.74, 6) is 0.643. The Morgan fingerprint density at radius 3 is 2.00 bits per heavy atom. The van der Waals surface area contributed by atoms with Gasteiger partial charge in [-0.2, -0.15) is 11.8 Å². The molecule has 0 spiro atoms. The van der Waals surface area contributed by atoms with Crippen molar-refractivity contribution in [1.29, 1.82) is 0 Å². The normalized spacial score (nSPS) is 23.3. The number of nitrogens with zero attached hydrogens (tertiary/aromatic N) is 1. The van der Waals surface area contributed by atoms with Crippen LogP contribution < -0.4 is 10.6 Å². The van der Waals surface area contributed by atoms with E-state index in [-0.39, 0.29) is 11.8 Å². The van der Waals surface area contributed by atoms with E-state index in [1.165, 1.54) is 0 Å². The third-order valence-electron chi connectivity index (χ3n) is 4.14. The van der Waals surface area contributed by atoms with Crippen LogP contribution >= 0.6 is 11.8 Å². The molecule has 4 N–H and O–H groups in total. The third kappa shape index (κ3) is 8.89. The van der Waals surface area contributed by atoms with Crippen LogP contribution in [0.1, 0.15) is 39.5 Å². The fourth-order valence-corrected chi connectivity index (χ4v) is 3.48. The molecule has 1 aliphatic heterocycles. The molecular weight excluding hydrogens is 342 g/mol. The van der Waals surface area contributed by atoms with Crippen molar-refractivity contribution in [2.24, 2.45) is 0 Å². The van der Waals surface area contributed by atoms with Crippen LogP contribution in [0.15, 0.2) is 0 Å². The SMILES string of the molecule is CSCCC1NC(=O)C(CCCCN(CC(C)O)CC(C)O)NC1=O. The summed E-state index contributed by atoms with van der Waals surface area (Å²) in [7, 11) is 0. The van der Waals surface area contributed by atoms with Crippen molar-refractivity contribution >= 4 is 23.6 Å². The van der Waals surface area contributed by atoms with E-state index in [9.17, 15) is 19.8 Å². The molecule has 0 aliphatic carbocycles. The van der Waals surface area contributed by atoms with Gasteiger partial charge in [0.25, 0.3) is 0 Å². The van der Waals surface area contributed by atoms with E-state index in [0.717, 1.165) is 25.1 Å². The molecule has 146 valence electrons. The number of thioether (sulfide) groups is 1. The Hall–Kier alpha value is -0.830. The predicted octanol–water partition coefficient (Wildman–Crippen LogP) is -0.0434. The molecule has 1 saturated heterocycles. The van der Waals surface area contributed by atoms with Crippen LogP contribution in [-0.4, -0.2) is 82.9 Å². The van der Waals surface area contributed by atoms with E-state index < -0.39 is 24.3 Å². The number of rotatable bonds is 12. The molecule has 0 radical (unpaired) electrons. The summed E-state index contributed by atoms with van der Waals surface area (Å²) in [5.41, 5.74) is 0. The van der Waals surface area contributed by atoms with E-state index >= 15 is 0 Å². The van der Waals surface area contributed by atoms with Gasteiger partial charge >= 0.3 is 0 Å². The Bertz CT molecular complexity index is 411. The van der Waals surface area contributed by atoms with Crippen molar-refractivity contribution in [3.05, 3.63) is 0 Å². The number of unbranched alkanes of at least 4 members (excludes halogenated alkanes) is 1. The zero-order chi connectivity index (χ0) is 18.8. The second-order valence-electron chi connectivity index (χ2n) is 6.86. The molecule has 7 nitrogen and oxygen atoms in total. The van der Waals surface area contributed by atoms with Gasteiger partial charge in [0.2, 0.25) is 11.8 Å². The van der Waals surface area contributed by atoms with Crippen molar-refractivity contribution in [3.63, 3.8) is 0 Å². The third-order valence-corrected chi connectivity index (χ3v) is 4.78. The maximum Gasteiger partial charge on any atom is 0.243 e. The van der Waals surface area contributed by atoms with E-state index in [4.69, 9.17) is 0 Å². The molecule has 25 heavy (non-hydrogen) atoms. The number of aliphatic hydroxyl groups excluding tert-OH is 2.